The van der Waals surface area contributed by atoms with E-state index >= 15 is 0 Å². The van der Waals surface area contributed by atoms with E-state index in [1.807, 2.05) is 46.6 Å². The molecule has 1 fully saturated rings. The first-order valence-corrected chi connectivity index (χ1v) is 28.6. The fourth-order valence-corrected chi connectivity index (χ4v) is 11.4. The van der Waals surface area contributed by atoms with Crippen molar-refractivity contribution in [1.29, 1.82) is 0 Å². The maximum atomic E-state index is 14.9. The van der Waals surface area contributed by atoms with E-state index in [2.05, 4.69) is 15.6 Å². The fourth-order valence-electron chi connectivity index (χ4n) is 8.64. The van der Waals surface area contributed by atoms with Gasteiger partial charge >= 0.3 is 23.6 Å². The smallest absolute Gasteiger partial charge is 0.325 e. The molecule has 1 unspecified atom stereocenters. The summed E-state index contributed by atoms with van der Waals surface area (Å²) in [5, 5.41) is 29.0. The second-order valence-electron chi connectivity index (χ2n) is 19.2. The lowest BCUT2D eigenvalue weighted by Crippen LogP contribution is -2.59. The first-order valence-electron chi connectivity index (χ1n) is 25.4. The molecule has 3 amide bonds. The number of likely N-dealkylation sites (N-methyl/N-ethyl adjacent to an activating group) is 1. The van der Waals surface area contributed by atoms with Gasteiger partial charge in [-0.05, 0) is 98.0 Å². The molecule has 2 aromatic heterocycles. The van der Waals surface area contributed by atoms with Crippen LogP contribution in [0.25, 0.3) is 0 Å². The van der Waals surface area contributed by atoms with Crippen molar-refractivity contribution in [1.82, 2.24) is 30.4 Å². The topological polar surface area (TPSA) is 267 Å². The Balaban J connectivity index is 1.49. The van der Waals surface area contributed by atoms with E-state index in [-0.39, 0.29) is 78.0 Å². The van der Waals surface area contributed by atoms with Gasteiger partial charge in [0.25, 0.3) is 0 Å². The number of aromatic nitrogens is 2. The number of likely N-dealkylation sites (tertiary alicyclic amines) is 1. The molecule has 4 rings (SSSR count). The summed E-state index contributed by atoms with van der Waals surface area (Å²) >= 11 is 1.11. The monoisotopic (exact) mass is 1100 g/mol. The number of amides is 3. The van der Waals surface area contributed by atoms with Gasteiger partial charge in [0.1, 0.15) is 35.6 Å². The third kappa shape index (κ3) is 20.1. The Morgan fingerprint density at radius 2 is 1.75 bits per heavy atom. The molecule has 7 atom stereocenters. The number of phenolic OH excluding ortho intramolecular Hbond substituents is 1. The van der Waals surface area contributed by atoms with Crippen molar-refractivity contribution >= 4 is 80.0 Å². The summed E-state index contributed by atoms with van der Waals surface area (Å²) in [6, 6.07) is 7.27. The number of hydrogen-bond acceptors (Lipinski definition) is 19. The fraction of sp³-hybridized carbons (Fsp3) is 0.596. The summed E-state index contributed by atoms with van der Waals surface area (Å²) in [4.78, 5) is 117. The molecule has 75 heavy (non-hydrogen) atoms. The maximum absolute atomic E-state index is 14.9. The van der Waals surface area contributed by atoms with Crippen molar-refractivity contribution in [3.8, 4) is 5.75 Å². The summed E-state index contributed by atoms with van der Waals surface area (Å²) in [6.45, 7) is 12.3. The number of phenols is 1. The SMILES string of the molecule is CCCC(=O)OCN(C(=O)[C@@H](NC(=O)[C@H]1CCCCN1C)C(C)CC)[C@H](C[C@@H](OC(C)=O)c1nc(C(=O)C[C@@H](Cc2ccc(O)cc2)C[C@H](C)C(=O)NCC(=O)OCCSSc2ncccc2[N+](=O)[O-])cs1)C(C)C. The number of benzene rings is 1. The summed E-state index contributed by atoms with van der Waals surface area (Å²) in [5.41, 5.74) is 0.780. The Labute approximate surface area is 451 Å². The minimum atomic E-state index is -1.04. The van der Waals surface area contributed by atoms with Crippen molar-refractivity contribution < 1.29 is 57.8 Å². The lowest BCUT2D eigenvalue weighted by atomic mass is 9.85. The number of pyridine rings is 1. The number of rotatable bonds is 31. The third-order valence-corrected chi connectivity index (χ3v) is 16.1. The maximum Gasteiger partial charge on any atom is 0.325 e. The predicted octanol–water partition coefficient (Wildman–Crippen LogP) is 7.87. The Morgan fingerprint density at radius 1 is 1.01 bits per heavy atom. The van der Waals surface area contributed by atoms with Gasteiger partial charge in [-0.15, -0.1) is 11.3 Å². The number of ether oxygens (including phenoxy) is 3. The van der Waals surface area contributed by atoms with Crippen LogP contribution in [0.5, 0.6) is 5.75 Å². The predicted molar refractivity (Wildman–Crippen MR) is 285 cm³/mol. The summed E-state index contributed by atoms with van der Waals surface area (Å²) < 4.78 is 16.8. The minimum absolute atomic E-state index is 0.00959. The standard InChI is InChI=1S/C52H73N7O13S3/c1-9-14-45(63)71-31-58(52(67)47(33(5)10-2)56-49(66)40-15-11-12-22-57(40)8)42(32(3)4)28-44(72-35(7)60)51-55-39(30-73-51)43(62)27-37(26-36-17-19-38(61)20-18-36)25-34(6)48(65)54-29-46(64)70-23-24-74-75-50-41(59(68)69)16-13-21-53-50/h13,16-21,30,32-34,37,40,42,44,47,61H,9-12,14-15,22-29,31H2,1-8H3,(H,54,65)(H,56,66)/t33?,34-,37+,40+,42+,44+,47-/m0/s1. The second kappa shape index (κ2) is 31.4. The molecule has 3 heterocycles. The third-order valence-electron chi connectivity index (χ3n) is 13.0. The van der Waals surface area contributed by atoms with Crippen LogP contribution >= 0.6 is 32.9 Å². The number of ketones is 1. The van der Waals surface area contributed by atoms with Gasteiger partial charge in [0, 0.05) is 61.5 Å². The number of esters is 3. The molecule has 20 nitrogen and oxygen atoms in total. The van der Waals surface area contributed by atoms with Gasteiger partial charge in [0.2, 0.25) is 17.7 Å². The van der Waals surface area contributed by atoms with Crippen LogP contribution < -0.4 is 10.6 Å². The van der Waals surface area contributed by atoms with E-state index in [9.17, 15) is 48.8 Å². The molecule has 1 aromatic carbocycles. The van der Waals surface area contributed by atoms with Crippen molar-refractivity contribution in [2.75, 3.05) is 39.2 Å². The highest BCUT2D eigenvalue weighted by molar-refractivity contribution is 8.76. The number of carbonyl (C=O) groups is 7. The highest BCUT2D eigenvalue weighted by atomic mass is 33.1. The summed E-state index contributed by atoms with van der Waals surface area (Å²) in [5.74, 6) is -4.57. The number of thiazole rings is 1. The van der Waals surface area contributed by atoms with Crippen LogP contribution in [0.2, 0.25) is 0 Å². The average Bonchev–Trinajstić information content (AvgIpc) is 3.88. The van der Waals surface area contributed by atoms with Gasteiger partial charge in [-0.25, -0.2) is 9.97 Å². The number of carbonyl (C=O) groups excluding carboxylic acids is 7. The second-order valence-corrected chi connectivity index (χ2v) is 22.5. The summed E-state index contributed by atoms with van der Waals surface area (Å²) in [7, 11) is 4.20. The number of hydrogen-bond donors (Lipinski definition) is 3. The molecule has 1 aliphatic heterocycles. The van der Waals surface area contributed by atoms with Crippen molar-refractivity contribution in [2.24, 2.45) is 23.7 Å². The number of piperidine rings is 1. The molecular weight excluding hydrogens is 1030 g/mol. The first-order chi connectivity index (χ1) is 35.7. The van der Waals surface area contributed by atoms with Crippen LogP contribution in [-0.4, -0.2) is 129 Å². The number of nitrogens with zero attached hydrogens (tertiary/aromatic N) is 5. The zero-order valence-electron chi connectivity index (χ0n) is 44.2. The van der Waals surface area contributed by atoms with E-state index < -0.39 is 84.0 Å². The van der Waals surface area contributed by atoms with Crippen molar-refractivity contribution in [3.63, 3.8) is 0 Å². The largest absolute Gasteiger partial charge is 0.508 e. The van der Waals surface area contributed by atoms with Gasteiger partial charge in [-0.2, -0.15) is 0 Å². The Morgan fingerprint density at radius 3 is 2.40 bits per heavy atom. The summed E-state index contributed by atoms with van der Waals surface area (Å²) in [6.07, 6.45) is 4.71. The minimum Gasteiger partial charge on any atom is -0.508 e. The van der Waals surface area contributed by atoms with E-state index in [1.54, 1.807) is 24.4 Å². The molecule has 1 saturated heterocycles. The molecule has 0 radical (unpaired) electrons. The van der Waals surface area contributed by atoms with Crippen LogP contribution in [0.4, 0.5) is 5.69 Å². The van der Waals surface area contributed by atoms with Gasteiger partial charge < -0.3 is 34.9 Å². The van der Waals surface area contributed by atoms with Crippen molar-refractivity contribution in [2.45, 2.75) is 142 Å². The molecule has 0 saturated carbocycles. The highest BCUT2D eigenvalue weighted by Gasteiger charge is 2.39. The Bertz CT molecular complexity index is 2390. The van der Waals surface area contributed by atoms with Crippen LogP contribution in [-0.2, 0) is 49.4 Å². The molecular formula is C52H73N7O13S3. The number of Topliss-reactive ketones (excluding diaryl/α,β-unsaturated/α-hetero) is 1. The van der Waals surface area contributed by atoms with Gasteiger partial charge in [-0.1, -0.05) is 77.3 Å². The first kappa shape index (κ1) is 61.9. The van der Waals surface area contributed by atoms with Gasteiger partial charge in [-0.3, -0.25) is 48.6 Å². The van der Waals surface area contributed by atoms with Gasteiger partial charge in [0.05, 0.1) is 11.0 Å². The van der Waals surface area contributed by atoms with Crippen LogP contribution in [0, 0.1) is 33.8 Å². The van der Waals surface area contributed by atoms with Crippen LogP contribution in [0.3, 0.4) is 0 Å². The van der Waals surface area contributed by atoms with E-state index in [4.69, 9.17) is 19.2 Å². The van der Waals surface area contributed by atoms with E-state index in [0.29, 0.717) is 36.4 Å². The molecule has 0 aliphatic carbocycles. The zero-order valence-corrected chi connectivity index (χ0v) is 46.6. The lowest BCUT2D eigenvalue weighted by Gasteiger charge is -2.39. The normalized spacial score (nSPS) is 16.1. The lowest BCUT2D eigenvalue weighted by molar-refractivity contribution is -0.388. The van der Waals surface area contributed by atoms with Gasteiger partial charge in [0.15, 0.2) is 23.6 Å². The Kier molecular flexibility index (Phi) is 25.9. The molecule has 23 heteroatoms. The number of nitro groups is 1. The molecule has 3 aromatic rings. The molecule has 0 bridgehead atoms. The average molecular weight is 1100 g/mol. The molecule has 412 valence electrons. The highest BCUT2D eigenvalue weighted by Crippen LogP contribution is 2.36. The quantitative estimate of drug-likeness (QED) is 0.00808. The zero-order chi connectivity index (χ0) is 55.2. The van der Waals surface area contributed by atoms with Crippen LogP contribution in [0.15, 0.2) is 53.0 Å². The Hall–Kier alpha value is -5.65. The van der Waals surface area contributed by atoms with Crippen LogP contribution in [0.1, 0.15) is 133 Å². The molecule has 3 N–H and O–H groups in total. The van der Waals surface area contributed by atoms with Crippen molar-refractivity contribution in [3.05, 3.63) is 74.4 Å². The number of nitrogens with one attached hydrogen (secondary N) is 2. The molecule has 0 spiro atoms. The van der Waals surface area contributed by atoms with E-state index in [0.717, 1.165) is 47.1 Å². The molecule has 1 aliphatic rings. The van der Waals surface area contributed by atoms with E-state index in [1.165, 1.54) is 53.1 Å². The number of aromatic hydroxyl groups is 1.